The number of rotatable bonds is 5. The Labute approximate surface area is 120 Å². The van der Waals surface area contributed by atoms with Gasteiger partial charge in [-0.25, -0.2) is 4.39 Å². The minimum Gasteiger partial charge on any atom is -0.396 e. The molecule has 0 aliphatic heterocycles. The van der Waals surface area contributed by atoms with Crippen LogP contribution < -0.4 is 5.73 Å². The van der Waals surface area contributed by atoms with Crippen LogP contribution in [0.3, 0.4) is 0 Å². The number of hydrogen-bond acceptors (Lipinski definition) is 2. The summed E-state index contributed by atoms with van der Waals surface area (Å²) in [6.45, 7) is 6.75. The molecule has 2 aromatic rings. The average Bonchev–Trinajstić information content (AvgIpc) is 2.44. The molecule has 0 aliphatic carbocycles. The lowest BCUT2D eigenvalue weighted by atomic mass is 10.1. The summed E-state index contributed by atoms with van der Waals surface area (Å²) in [7, 11) is 0. The third-order valence-corrected chi connectivity index (χ3v) is 3.57. The molecule has 2 aromatic carbocycles. The van der Waals surface area contributed by atoms with Gasteiger partial charge in [-0.1, -0.05) is 37.3 Å². The van der Waals surface area contributed by atoms with Gasteiger partial charge in [-0.3, -0.25) is 4.90 Å². The predicted octanol–water partition coefficient (Wildman–Crippen LogP) is 3.74. The maximum Gasteiger partial charge on any atom is 0.146 e. The van der Waals surface area contributed by atoms with E-state index >= 15 is 0 Å². The first-order valence-electron chi connectivity index (χ1n) is 6.91. The minimum absolute atomic E-state index is 0.204. The first-order chi connectivity index (χ1) is 9.60. The normalized spacial score (nSPS) is 11.0. The molecule has 3 heteroatoms. The van der Waals surface area contributed by atoms with Crippen molar-refractivity contribution >= 4 is 5.69 Å². The fraction of sp³-hybridized carbons (Fsp3) is 0.294. The van der Waals surface area contributed by atoms with E-state index in [1.54, 1.807) is 6.07 Å². The van der Waals surface area contributed by atoms with Crippen molar-refractivity contribution in [2.75, 3.05) is 12.3 Å². The maximum atomic E-state index is 13.5. The summed E-state index contributed by atoms with van der Waals surface area (Å²) in [5.41, 5.74) is 9.26. The number of nitrogens with zero attached hydrogens (tertiary/aromatic N) is 1. The maximum absolute atomic E-state index is 13.5. The van der Waals surface area contributed by atoms with Crippen molar-refractivity contribution in [3.8, 4) is 0 Å². The monoisotopic (exact) mass is 272 g/mol. The Hall–Kier alpha value is -1.87. The van der Waals surface area contributed by atoms with Crippen LogP contribution in [0, 0.1) is 12.7 Å². The fourth-order valence-electron chi connectivity index (χ4n) is 2.24. The van der Waals surface area contributed by atoms with E-state index in [1.165, 1.54) is 17.2 Å². The van der Waals surface area contributed by atoms with Crippen molar-refractivity contribution in [1.82, 2.24) is 4.90 Å². The SMILES string of the molecule is CCN(Cc1ccc(N)c(F)c1)Cc1ccccc1C. The third-order valence-electron chi connectivity index (χ3n) is 3.57. The van der Waals surface area contributed by atoms with E-state index in [-0.39, 0.29) is 11.5 Å². The summed E-state index contributed by atoms with van der Waals surface area (Å²) < 4.78 is 13.5. The molecule has 0 radical (unpaired) electrons. The van der Waals surface area contributed by atoms with E-state index in [4.69, 9.17) is 5.73 Å². The second-order valence-corrected chi connectivity index (χ2v) is 5.09. The molecule has 0 atom stereocenters. The number of nitrogens with two attached hydrogens (primary N) is 1. The van der Waals surface area contributed by atoms with Crippen LogP contribution in [0.25, 0.3) is 0 Å². The van der Waals surface area contributed by atoms with Crippen LogP contribution in [0.5, 0.6) is 0 Å². The molecular formula is C17H21FN2. The zero-order valence-electron chi connectivity index (χ0n) is 12.1. The number of nitrogen functional groups attached to an aromatic ring is 1. The highest BCUT2D eigenvalue weighted by Crippen LogP contribution is 2.16. The van der Waals surface area contributed by atoms with Crippen LogP contribution in [-0.4, -0.2) is 11.4 Å². The highest BCUT2D eigenvalue weighted by molar-refractivity contribution is 5.41. The van der Waals surface area contributed by atoms with Crippen LogP contribution in [0.15, 0.2) is 42.5 Å². The summed E-state index contributed by atoms with van der Waals surface area (Å²) >= 11 is 0. The van der Waals surface area contributed by atoms with Gasteiger partial charge in [-0.2, -0.15) is 0 Å². The Morgan fingerprint density at radius 3 is 2.50 bits per heavy atom. The molecule has 2 rings (SSSR count). The molecule has 0 saturated carbocycles. The van der Waals surface area contributed by atoms with Gasteiger partial charge in [0.1, 0.15) is 5.82 Å². The number of halogens is 1. The van der Waals surface area contributed by atoms with Gasteiger partial charge >= 0.3 is 0 Å². The van der Waals surface area contributed by atoms with Gasteiger partial charge < -0.3 is 5.73 Å². The number of hydrogen-bond donors (Lipinski definition) is 1. The lowest BCUT2D eigenvalue weighted by Crippen LogP contribution is -2.22. The van der Waals surface area contributed by atoms with E-state index in [2.05, 4.69) is 36.9 Å². The van der Waals surface area contributed by atoms with Gasteiger partial charge in [-0.15, -0.1) is 0 Å². The molecule has 0 bridgehead atoms. The highest BCUT2D eigenvalue weighted by atomic mass is 19.1. The Balaban J connectivity index is 2.09. The molecule has 2 N–H and O–H groups in total. The summed E-state index contributed by atoms with van der Waals surface area (Å²) in [5.74, 6) is -0.338. The van der Waals surface area contributed by atoms with Crippen molar-refractivity contribution in [1.29, 1.82) is 0 Å². The van der Waals surface area contributed by atoms with Crippen LogP contribution >= 0.6 is 0 Å². The van der Waals surface area contributed by atoms with Crippen molar-refractivity contribution < 1.29 is 4.39 Å². The second-order valence-electron chi connectivity index (χ2n) is 5.09. The first kappa shape index (κ1) is 14.5. The number of benzene rings is 2. The Bertz CT molecular complexity index is 581. The molecule has 0 unspecified atom stereocenters. The van der Waals surface area contributed by atoms with Crippen LogP contribution in [0.2, 0.25) is 0 Å². The highest BCUT2D eigenvalue weighted by Gasteiger charge is 2.08. The van der Waals surface area contributed by atoms with E-state index in [0.717, 1.165) is 25.2 Å². The molecule has 20 heavy (non-hydrogen) atoms. The molecule has 0 aromatic heterocycles. The van der Waals surface area contributed by atoms with Gasteiger partial charge in [-0.05, 0) is 42.3 Å². The molecule has 0 saturated heterocycles. The van der Waals surface area contributed by atoms with E-state index in [1.807, 2.05) is 12.1 Å². The molecule has 0 amide bonds. The lowest BCUT2D eigenvalue weighted by Gasteiger charge is -2.21. The zero-order valence-corrected chi connectivity index (χ0v) is 12.1. The van der Waals surface area contributed by atoms with E-state index < -0.39 is 0 Å². The quantitative estimate of drug-likeness (QED) is 0.840. The third kappa shape index (κ3) is 3.58. The van der Waals surface area contributed by atoms with Gasteiger partial charge in [0.25, 0.3) is 0 Å². The topological polar surface area (TPSA) is 29.3 Å². The number of anilines is 1. The average molecular weight is 272 g/mol. The molecule has 0 spiro atoms. The number of aryl methyl sites for hydroxylation is 1. The summed E-state index contributed by atoms with van der Waals surface area (Å²) in [6.07, 6.45) is 0. The van der Waals surface area contributed by atoms with Crippen molar-refractivity contribution in [3.05, 3.63) is 65.0 Å². The Morgan fingerprint density at radius 1 is 1.10 bits per heavy atom. The summed E-state index contributed by atoms with van der Waals surface area (Å²) in [5, 5.41) is 0. The molecular weight excluding hydrogens is 251 g/mol. The summed E-state index contributed by atoms with van der Waals surface area (Å²) in [4.78, 5) is 2.29. The van der Waals surface area contributed by atoms with E-state index in [9.17, 15) is 4.39 Å². The van der Waals surface area contributed by atoms with Gasteiger partial charge in [0.2, 0.25) is 0 Å². The van der Waals surface area contributed by atoms with Crippen LogP contribution in [0.4, 0.5) is 10.1 Å². The smallest absolute Gasteiger partial charge is 0.146 e. The molecule has 2 nitrogen and oxygen atoms in total. The van der Waals surface area contributed by atoms with Gasteiger partial charge in [0.05, 0.1) is 5.69 Å². The minimum atomic E-state index is -0.338. The van der Waals surface area contributed by atoms with E-state index in [0.29, 0.717) is 0 Å². The standard InChI is InChI=1S/C17H21FN2/c1-3-20(12-15-7-5-4-6-13(15)2)11-14-8-9-17(19)16(18)10-14/h4-10H,3,11-12,19H2,1-2H3. The Kier molecular flexibility index (Phi) is 4.74. The molecule has 0 fully saturated rings. The summed E-state index contributed by atoms with van der Waals surface area (Å²) in [6, 6.07) is 13.4. The molecule has 0 heterocycles. The zero-order chi connectivity index (χ0) is 14.5. The van der Waals surface area contributed by atoms with Gasteiger partial charge in [0, 0.05) is 13.1 Å². The first-order valence-corrected chi connectivity index (χ1v) is 6.91. The lowest BCUT2D eigenvalue weighted by molar-refractivity contribution is 0.270. The van der Waals surface area contributed by atoms with Gasteiger partial charge in [0.15, 0.2) is 0 Å². The second kappa shape index (κ2) is 6.53. The van der Waals surface area contributed by atoms with Crippen molar-refractivity contribution in [3.63, 3.8) is 0 Å². The van der Waals surface area contributed by atoms with Crippen LogP contribution in [-0.2, 0) is 13.1 Å². The predicted molar refractivity (Wildman–Crippen MR) is 81.8 cm³/mol. The van der Waals surface area contributed by atoms with Crippen molar-refractivity contribution in [2.45, 2.75) is 26.9 Å². The van der Waals surface area contributed by atoms with Crippen LogP contribution in [0.1, 0.15) is 23.6 Å². The molecule has 0 aliphatic rings. The molecule has 106 valence electrons. The van der Waals surface area contributed by atoms with Crippen molar-refractivity contribution in [2.24, 2.45) is 0 Å². The Morgan fingerprint density at radius 2 is 1.85 bits per heavy atom. The largest absolute Gasteiger partial charge is 0.396 e. The fourth-order valence-corrected chi connectivity index (χ4v) is 2.24.